The molecule has 3 rings (SSSR count). The molecule has 1 unspecified atom stereocenters. The van der Waals surface area contributed by atoms with Gasteiger partial charge in [0.2, 0.25) is 5.95 Å². The van der Waals surface area contributed by atoms with E-state index >= 15 is 0 Å². The molecule has 1 aliphatic heterocycles. The zero-order valence-corrected chi connectivity index (χ0v) is 14.4. The molecule has 11 heteroatoms. The number of hydrogen-bond acceptors (Lipinski definition) is 7. The first-order valence-electron chi connectivity index (χ1n) is 7.90. The molecule has 0 radical (unpaired) electrons. The van der Waals surface area contributed by atoms with Gasteiger partial charge in [0, 0.05) is 25.9 Å². The smallest absolute Gasteiger partial charge is 0.372 e. The van der Waals surface area contributed by atoms with E-state index in [1.807, 2.05) is 6.92 Å². The van der Waals surface area contributed by atoms with Gasteiger partial charge in [0.25, 0.3) is 0 Å². The van der Waals surface area contributed by atoms with E-state index in [2.05, 4.69) is 25.7 Å². The van der Waals surface area contributed by atoms with E-state index in [0.29, 0.717) is 24.4 Å². The largest absolute Gasteiger partial charge is 0.421 e. The van der Waals surface area contributed by atoms with Gasteiger partial charge in [0.05, 0.1) is 18.0 Å². The Bertz CT molecular complexity index is 809. The summed E-state index contributed by atoms with van der Waals surface area (Å²) in [6.07, 6.45) is -2.60. The number of aliphatic hydroxyl groups excluding tert-OH is 1. The first kappa shape index (κ1) is 18.4. The van der Waals surface area contributed by atoms with E-state index in [0.717, 1.165) is 6.20 Å². The molecule has 26 heavy (non-hydrogen) atoms. The molecule has 2 aromatic heterocycles. The van der Waals surface area contributed by atoms with Crippen molar-refractivity contribution in [3.63, 3.8) is 0 Å². The lowest BCUT2D eigenvalue weighted by Gasteiger charge is -2.26. The fourth-order valence-corrected chi connectivity index (χ4v) is 2.71. The molecule has 0 bridgehead atoms. The van der Waals surface area contributed by atoms with Gasteiger partial charge in [-0.25, -0.2) is 4.98 Å². The van der Waals surface area contributed by atoms with E-state index in [1.54, 1.807) is 17.8 Å². The summed E-state index contributed by atoms with van der Waals surface area (Å²) in [5.41, 5.74) is -0.564. The van der Waals surface area contributed by atoms with Crippen molar-refractivity contribution in [1.29, 1.82) is 0 Å². The van der Waals surface area contributed by atoms with Crippen molar-refractivity contribution in [1.82, 2.24) is 19.7 Å². The van der Waals surface area contributed by atoms with Crippen LogP contribution >= 0.6 is 0 Å². The van der Waals surface area contributed by atoms with Crippen LogP contribution in [0.25, 0.3) is 0 Å². The molecule has 3 heterocycles. The number of anilines is 3. The van der Waals surface area contributed by atoms with Crippen molar-refractivity contribution in [2.45, 2.75) is 38.3 Å². The van der Waals surface area contributed by atoms with Crippen molar-refractivity contribution in [2.75, 3.05) is 24.3 Å². The summed E-state index contributed by atoms with van der Waals surface area (Å²) < 4.78 is 45.6. The van der Waals surface area contributed by atoms with Crippen LogP contribution in [0.1, 0.15) is 24.6 Å². The van der Waals surface area contributed by atoms with Crippen LogP contribution in [0, 0.1) is 6.92 Å². The van der Waals surface area contributed by atoms with Crippen molar-refractivity contribution in [2.24, 2.45) is 0 Å². The molecule has 2 atom stereocenters. The van der Waals surface area contributed by atoms with Gasteiger partial charge in [-0.3, -0.25) is 4.68 Å². The maximum Gasteiger partial charge on any atom is 0.421 e. The monoisotopic (exact) mass is 372 g/mol. The maximum absolute atomic E-state index is 12.9. The highest BCUT2D eigenvalue weighted by Gasteiger charge is 2.42. The summed E-state index contributed by atoms with van der Waals surface area (Å²) in [7, 11) is 1.35. The standard InChI is InChI=1S/C15H19F3N6O2/c1-8-10(7-24(23-8)14(2)4-5-26-12(14)25)21-13-20-6-9(15(16,17)18)11(19-3)22-13/h6-7,12,25H,4-5H2,1-3H3,(H2,19,20,21,22)/t12?,14-/m0/s1. The third kappa shape index (κ3) is 3.19. The number of hydrogen-bond donors (Lipinski definition) is 3. The number of aryl methyl sites for hydroxylation is 1. The molecule has 0 aliphatic carbocycles. The van der Waals surface area contributed by atoms with Gasteiger partial charge in [-0.2, -0.15) is 23.3 Å². The van der Waals surface area contributed by atoms with Crippen LogP contribution in [0.4, 0.5) is 30.6 Å². The Labute approximate surface area is 147 Å². The van der Waals surface area contributed by atoms with Gasteiger partial charge >= 0.3 is 6.18 Å². The van der Waals surface area contributed by atoms with Crippen molar-refractivity contribution in [3.05, 3.63) is 23.7 Å². The van der Waals surface area contributed by atoms with Gasteiger partial charge in [0.15, 0.2) is 6.29 Å². The van der Waals surface area contributed by atoms with Crippen LogP contribution in [-0.4, -0.2) is 44.8 Å². The minimum Gasteiger partial charge on any atom is -0.372 e. The van der Waals surface area contributed by atoms with Crippen LogP contribution < -0.4 is 10.6 Å². The topological polar surface area (TPSA) is 97.1 Å². The number of nitrogens with one attached hydrogen (secondary N) is 2. The summed E-state index contributed by atoms with van der Waals surface area (Å²) in [6.45, 7) is 3.95. The normalized spacial score (nSPS) is 23.3. The first-order chi connectivity index (χ1) is 12.1. The first-order valence-corrected chi connectivity index (χ1v) is 7.90. The molecule has 1 aliphatic rings. The van der Waals surface area contributed by atoms with Crippen LogP contribution in [0.3, 0.4) is 0 Å². The summed E-state index contributed by atoms with van der Waals surface area (Å²) >= 11 is 0. The lowest BCUT2D eigenvalue weighted by atomic mass is 10.0. The Morgan fingerprint density at radius 3 is 2.73 bits per heavy atom. The molecule has 0 saturated carbocycles. The fraction of sp³-hybridized carbons (Fsp3) is 0.533. The van der Waals surface area contributed by atoms with Gasteiger partial charge in [-0.15, -0.1) is 0 Å². The number of nitrogens with zero attached hydrogens (tertiary/aromatic N) is 4. The van der Waals surface area contributed by atoms with Gasteiger partial charge in [0.1, 0.15) is 16.9 Å². The third-order valence-corrected chi connectivity index (χ3v) is 4.42. The zero-order valence-electron chi connectivity index (χ0n) is 14.4. The number of rotatable bonds is 4. The van der Waals surface area contributed by atoms with Crippen LogP contribution in [-0.2, 0) is 16.5 Å². The predicted molar refractivity (Wildman–Crippen MR) is 87.1 cm³/mol. The summed E-state index contributed by atoms with van der Waals surface area (Å²) in [4.78, 5) is 7.60. The Balaban J connectivity index is 1.88. The highest BCUT2D eigenvalue weighted by atomic mass is 19.4. The van der Waals surface area contributed by atoms with E-state index in [9.17, 15) is 18.3 Å². The van der Waals surface area contributed by atoms with Crippen LogP contribution in [0.5, 0.6) is 0 Å². The SMILES string of the molecule is CNc1nc(Nc2cn([C@@]3(C)CCOC3O)nc2C)ncc1C(F)(F)F. The Kier molecular flexibility index (Phi) is 4.53. The molecule has 2 aromatic rings. The summed E-state index contributed by atoms with van der Waals surface area (Å²) in [5, 5.41) is 19.7. The minimum atomic E-state index is -4.55. The van der Waals surface area contributed by atoms with E-state index in [-0.39, 0.29) is 11.8 Å². The van der Waals surface area contributed by atoms with Gasteiger partial charge in [-0.05, 0) is 13.8 Å². The van der Waals surface area contributed by atoms with Gasteiger partial charge in [-0.1, -0.05) is 0 Å². The van der Waals surface area contributed by atoms with E-state index < -0.39 is 23.6 Å². The molecule has 1 saturated heterocycles. The molecule has 3 N–H and O–H groups in total. The Hall–Kier alpha value is -2.40. The lowest BCUT2D eigenvalue weighted by Crippen LogP contribution is -2.38. The Morgan fingerprint density at radius 1 is 1.42 bits per heavy atom. The average Bonchev–Trinajstić information content (AvgIpc) is 3.10. The molecule has 0 spiro atoms. The van der Waals surface area contributed by atoms with E-state index in [4.69, 9.17) is 4.74 Å². The summed E-state index contributed by atoms with van der Waals surface area (Å²) in [5.74, 6) is -0.329. The molecular formula is C15H19F3N6O2. The van der Waals surface area contributed by atoms with Crippen molar-refractivity contribution in [3.8, 4) is 0 Å². The number of halogens is 3. The highest BCUT2D eigenvalue weighted by Crippen LogP contribution is 2.35. The van der Waals surface area contributed by atoms with Crippen LogP contribution in [0.2, 0.25) is 0 Å². The maximum atomic E-state index is 12.9. The predicted octanol–water partition coefficient (Wildman–Crippen LogP) is 2.24. The minimum absolute atomic E-state index is 0.00151. The quantitative estimate of drug-likeness (QED) is 0.757. The number of aromatic nitrogens is 4. The molecule has 0 amide bonds. The van der Waals surface area contributed by atoms with E-state index in [1.165, 1.54) is 7.05 Å². The second-order valence-electron chi connectivity index (χ2n) is 6.23. The summed E-state index contributed by atoms with van der Waals surface area (Å²) in [6, 6.07) is 0. The van der Waals surface area contributed by atoms with Crippen molar-refractivity contribution >= 4 is 17.5 Å². The van der Waals surface area contributed by atoms with Gasteiger partial charge < -0.3 is 20.5 Å². The number of alkyl halides is 3. The molecule has 1 fully saturated rings. The third-order valence-electron chi connectivity index (χ3n) is 4.42. The fourth-order valence-electron chi connectivity index (χ4n) is 2.71. The molecule has 142 valence electrons. The van der Waals surface area contributed by atoms with Crippen LogP contribution in [0.15, 0.2) is 12.4 Å². The zero-order chi connectivity index (χ0) is 19.1. The Morgan fingerprint density at radius 2 is 2.15 bits per heavy atom. The second kappa shape index (κ2) is 6.40. The molecular weight excluding hydrogens is 353 g/mol. The number of aliphatic hydroxyl groups is 1. The average molecular weight is 372 g/mol. The molecule has 0 aromatic carbocycles. The lowest BCUT2D eigenvalue weighted by molar-refractivity contribution is -0.137. The van der Waals surface area contributed by atoms with Crippen molar-refractivity contribution < 1.29 is 23.0 Å². The second-order valence-corrected chi connectivity index (χ2v) is 6.23. The highest BCUT2D eigenvalue weighted by molar-refractivity contribution is 5.58. The number of ether oxygens (including phenoxy) is 1. The molecule has 8 nitrogen and oxygen atoms in total.